The number of hydrogen-bond acceptors (Lipinski definition) is 6. The number of benzene rings is 1. The summed E-state index contributed by atoms with van der Waals surface area (Å²) in [5.74, 6) is 2.43. The highest BCUT2D eigenvalue weighted by molar-refractivity contribution is 5.64. The normalized spacial score (nSPS) is 15.2. The number of hydrogen-bond donors (Lipinski definition) is 1. The van der Waals surface area contributed by atoms with Gasteiger partial charge >= 0.3 is 0 Å². The molecule has 0 radical (unpaired) electrons. The van der Waals surface area contributed by atoms with E-state index >= 15 is 0 Å². The molecule has 1 aromatic carbocycles. The summed E-state index contributed by atoms with van der Waals surface area (Å²) in [5.41, 5.74) is 1.88. The first-order valence-electron chi connectivity index (χ1n) is 9.01. The molecular weight excluding hydrogens is 314 g/mol. The molecule has 6 heteroatoms. The van der Waals surface area contributed by atoms with Crippen LogP contribution in [-0.2, 0) is 0 Å². The minimum atomic E-state index is 0.633. The number of piperazine rings is 1. The van der Waals surface area contributed by atoms with Crippen molar-refractivity contribution in [1.82, 2.24) is 14.9 Å². The van der Waals surface area contributed by atoms with Crippen molar-refractivity contribution in [3.05, 3.63) is 36.0 Å². The Labute approximate surface area is 149 Å². The van der Waals surface area contributed by atoms with Gasteiger partial charge in [0.25, 0.3) is 0 Å². The second kappa shape index (κ2) is 8.16. The maximum absolute atomic E-state index is 5.69. The predicted octanol–water partition coefficient (Wildman–Crippen LogP) is 3.07. The lowest BCUT2D eigenvalue weighted by Crippen LogP contribution is -2.46. The van der Waals surface area contributed by atoms with Gasteiger partial charge in [-0.05, 0) is 32.5 Å². The van der Waals surface area contributed by atoms with Crippen molar-refractivity contribution in [3.63, 3.8) is 0 Å². The topological polar surface area (TPSA) is 53.5 Å². The molecule has 2 heterocycles. The Kier molecular flexibility index (Phi) is 5.71. The minimum Gasteiger partial charge on any atom is -0.492 e. The highest BCUT2D eigenvalue weighted by Gasteiger charge is 2.18. The fourth-order valence-electron chi connectivity index (χ4n) is 3.01. The Balaban J connectivity index is 1.78. The molecule has 0 bridgehead atoms. The van der Waals surface area contributed by atoms with Gasteiger partial charge in [0.15, 0.2) is 0 Å². The molecule has 0 amide bonds. The molecule has 3 rings (SSSR count). The van der Waals surface area contributed by atoms with Gasteiger partial charge in [0.05, 0.1) is 12.3 Å². The van der Waals surface area contributed by atoms with Crippen LogP contribution < -0.4 is 15.0 Å². The van der Waals surface area contributed by atoms with Gasteiger partial charge in [0.2, 0.25) is 5.95 Å². The summed E-state index contributed by atoms with van der Waals surface area (Å²) >= 11 is 0. The molecule has 0 unspecified atom stereocenters. The van der Waals surface area contributed by atoms with Gasteiger partial charge in [-0.1, -0.05) is 19.1 Å². The minimum absolute atomic E-state index is 0.633. The number of aromatic nitrogens is 2. The van der Waals surface area contributed by atoms with E-state index < -0.39 is 0 Å². The molecule has 25 heavy (non-hydrogen) atoms. The summed E-state index contributed by atoms with van der Waals surface area (Å²) < 4.78 is 5.69. The number of para-hydroxylation sites is 2. The summed E-state index contributed by atoms with van der Waals surface area (Å²) in [4.78, 5) is 14.1. The van der Waals surface area contributed by atoms with E-state index in [2.05, 4.69) is 27.0 Å². The van der Waals surface area contributed by atoms with Crippen molar-refractivity contribution >= 4 is 17.5 Å². The van der Waals surface area contributed by atoms with Gasteiger partial charge in [0, 0.05) is 37.9 Å². The van der Waals surface area contributed by atoms with Crippen LogP contribution in [0.3, 0.4) is 0 Å². The number of rotatable bonds is 6. The van der Waals surface area contributed by atoms with Crippen molar-refractivity contribution in [3.8, 4) is 5.75 Å². The molecule has 0 spiro atoms. The first kappa shape index (κ1) is 17.5. The summed E-state index contributed by atoms with van der Waals surface area (Å²) in [6.45, 7) is 12.0. The highest BCUT2D eigenvalue weighted by Crippen LogP contribution is 2.27. The zero-order valence-corrected chi connectivity index (χ0v) is 15.3. The summed E-state index contributed by atoms with van der Waals surface area (Å²) in [6, 6.07) is 9.89. The van der Waals surface area contributed by atoms with E-state index in [1.807, 2.05) is 44.2 Å². The highest BCUT2D eigenvalue weighted by atomic mass is 16.5. The van der Waals surface area contributed by atoms with E-state index in [1.165, 1.54) is 0 Å². The molecule has 2 aromatic rings. The molecule has 1 fully saturated rings. The molecule has 0 saturated carbocycles. The van der Waals surface area contributed by atoms with Crippen LogP contribution in [0.4, 0.5) is 17.5 Å². The van der Waals surface area contributed by atoms with E-state index in [0.29, 0.717) is 6.61 Å². The van der Waals surface area contributed by atoms with Gasteiger partial charge in [-0.25, -0.2) is 4.98 Å². The van der Waals surface area contributed by atoms with Crippen LogP contribution in [0.25, 0.3) is 0 Å². The molecule has 0 aliphatic carbocycles. The molecular formula is C19H27N5O. The molecule has 1 aliphatic heterocycles. The maximum atomic E-state index is 5.69. The number of likely N-dealkylation sites (N-methyl/N-ethyl adjacent to an activating group) is 1. The third-order valence-corrected chi connectivity index (χ3v) is 4.39. The fourth-order valence-corrected chi connectivity index (χ4v) is 3.01. The molecule has 1 N–H and O–H groups in total. The van der Waals surface area contributed by atoms with Gasteiger partial charge in [-0.15, -0.1) is 0 Å². The van der Waals surface area contributed by atoms with E-state index in [-0.39, 0.29) is 0 Å². The average molecular weight is 341 g/mol. The monoisotopic (exact) mass is 341 g/mol. The van der Waals surface area contributed by atoms with Crippen molar-refractivity contribution in [2.24, 2.45) is 0 Å². The number of aryl methyl sites for hydroxylation is 1. The van der Waals surface area contributed by atoms with Crippen molar-refractivity contribution in [2.45, 2.75) is 20.8 Å². The Morgan fingerprint density at radius 3 is 2.56 bits per heavy atom. The summed E-state index contributed by atoms with van der Waals surface area (Å²) in [7, 11) is 0. The van der Waals surface area contributed by atoms with E-state index in [0.717, 1.165) is 61.6 Å². The molecule has 1 aliphatic rings. The van der Waals surface area contributed by atoms with Crippen LogP contribution in [0.2, 0.25) is 0 Å². The van der Waals surface area contributed by atoms with Gasteiger partial charge in [-0.3, -0.25) is 0 Å². The summed E-state index contributed by atoms with van der Waals surface area (Å²) in [5, 5.41) is 3.38. The lowest BCUT2D eigenvalue weighted by atomic mass is 10.3. The second-order valence-electron chi connectivity index (χ2n) is 6.17. The van der Waals surface area contributed by atoms with Crippen LogP contribution in [0.1, 0.15) is 19.5 Å². The number of nitrogens with one attached hydrogen (secondary N) is 1. The Morgan fingerprint density at radius 1 is 1.08 bits per heavy atom. The van der Waals surface area contributed by atoms with Crippen LogP contribution in [0, 0.1) is 6.92 Å². The van der Waals surface area contributed by atoms with E-state index in [4.69, 9.17) is 9.72 Å². The van der Waals surface area contributed by atoms with Crippen molar-refractivity contribution in [2.75, 3.05) is 49.5 Å². The van der Waals surface area contributed by atoms with Crippen molar-refractivity contribution < 1.29 is 4.74 Å². The molecule has 0 atom stereocenters. The standard InChI is InChI=1S/C19H27N5O/c1-4-23-10-12-24(13-11-23)19-20-15(3)14-18(22-19)21-16-8-6-7-9-17(16)25-5-2/h6-9,14H,4-5,10-13H2,1-3H3,(H,20,21,22). The SMILES string of the molecule is CCOc1ccccc1Nc1cc(C)nc(N2CCN(CC)CC2)n1. The van der Waals surface area contributed by atoms with Gasteiger partial charge in [-0.2, -0.15) is 4.98 Å². The maximum Gasteiger partial charge on any atom is 0.227 e. The van der Waals surface area contributed by atoms with E-state index in [1.54, 1.807) is 0 Å². The quantitative estimate of drug-likeness (QED) is 0.871. The van der Waals surface area contributed by atoms with Crippen LogP contribution >= 0.6 is 0 Å². The fraction of sp³-hybridized carbons (Fsp3) is 0.474. The molecule has 1 aromatic heterocycles. The van der Waals surface area contributed by atoms with Crippen LogP contribution in [0.15, 0.2) is 30.3 Å². The first-order chi connectivity index (χ1) is 12.2. The van der Waals surface area contributed by atoms with Crippen molar-refractivity contribution in [1.29, 1.82) is 0 Å². The largest absolute Gasteiger partial charge is 0.492 e. The average Bonchev–Trinajstić information content (AvgIpc) is 2.63. The second-order valence-corrected chi connectivity index (χ2v) is 6.17. The molecule has 134 valence electrons. The number of ether oxygens (including phenoxy) is 1. The van der Waals surface area contributed by atoms with Crippen LogP contribution in [0.5, 0.6) is 5.75 Å². The summed E-state index contributed by atoms with van der Waals surface area (Å²) in [6.07, 6.45) is 0. The smallest absolute Gasteiger partial charge is 0.227 e. The zero-order valence-electron chi connectivity index (χ0n) is 15.3. The zero-order chi connectivity index (χ0) is 17.6. The van der Waals surface area contributed by atoms with E-state index in [9.17, 15) is 0 Å². The first-order valence-corrected chi connectivity index (χ1v) is 9.01. The van der Waals surface area contributed by atoms with Crippen LogP contribution in [-0.4, -0.2) is 54.2 Å². The Morgan fingerprint density at radius 2 is 1.84 bits per heavy atom. The number of anilines is 3. The number of nitrogens with zero attached hydrogens (tertiary/aromatic N) is 4. The molecule has 6 nitrogen and oxygen atoms in total. The molecule has 1 saturated heterocycles. The Hall–Kier alpha value is -2.34. The predicted molar refractivity (Wildman–Crippen MR) is 102 cm³/mol. The lowest BCUT2D eigenvalue weighted by Gasteiger charge is -2.34. The lowest BCUT2D eigenvalue weighted by molar-refractivity contribution is 0.270. The third-order valence-electron chi connectivity index (χ3n) is 4.39. The van der Waals surface area contributed by atoms with Gasteiger partial charge in [0.1, 0.15) is 11.6 Å². The third kappa shape index (κ3) is 4.39. The van der Waals surface area contributed by atoms with Gasteiger partial charge < -0.3 is 19.9 Å². The Bertz CT molecular complexity index is 698.